The van der Waals surface area contributed by atoms with E-state index in [0.717, 1.165) is 22.5 Å². The van der Waals surface area contributed by atoms with Crippen molar-refractivity contribution in [1.82, 2.24) is 10.2 Å². The van der Waals surface area contributed by atoms with E-state index in [2.05, 4.69) is 5.32 Å². The first kappa shape index (κ1) is 28.2. The number of rotatable bonds is 10. The molecule has 0 heterocycles. The predicted molar refractivity (Wildman–Crippen MR) is 138 cm³/mol. The Morgan fingerprint density at radius 1 is 1.00 bits per heavy atom. The van der Waals surface area contributed by atoms with Crippen LogP contribution in [0.15, 0.2) is 42.5 Å². The molecule has 0 aliphatic rings. The average Bonchev–Trinajstić information content (AvgIpc) is 2.77. The number of benzene rings is 2. The Morgan fingerprint density at radius 2 is 1.59 bits per heavy atom. The summed E-state index contributed by atoms with van der Waals surface area (Å²) < 4.78 is 26.1. The number of hydrogen-bond donors (Lipinski definition) is 1. The van der Waals surface area contributed by atoms with Gasteiger partial charge >= 0.3 is 0 Å². The van der Waals surface area contributed by atoms with Crippen molar-refractivity contribution in [2.75, 3.05) is 17.1 Å². The molecule has 0 saturated heterocycles. The zero-order valence-corrected chi connectivity index (χ0v) is 22.5. The van der Waals surface area contributed by atoms with E-state index in [1.807, 2.05) is 44.2 Å². The molecule has 2 amide bonds. The second-order valence-corrected chi connectivity index (χ2v) is 11.1. The molecule has 2 aromatic rings. The van der Waals surface area contributed by atoms with E-state index in [1.165, 1.54) is 17.0 Å². The van der Waals surface area contributed by atoms with E-state index in [-0.39, 0.29) is 39.2 Å². The number of nitrogens with one attached hydrogen (secondary N) is 1. The number of nitrogens with zero attached hydrogens (tertiary/aromatic N) is 2. The van der Waals surface area contributed by atoms with Crippen LogP contribution in [-0.4, -0.2) is 50.0 Å². The summed E-state index contributed by atoms with van der Waals surface area (Å²) in [5.41, 5.74) is 0.806. The maximum Gasteiger partial charge on any atom is 0.244 e. The summed E-state index contributed by atoms with van der Waals surface area (Å²) in [5.74, 6) is -0.916. The monoisotopic (exact) mass is 547 g/mol. The van der Waals surface area contributed by atoms with Crippen molar-refractivity contribution >= 4 is 62.3 Å². The summed E-state index contributed by atoms with van der Waals surface area (Å²) >= 11 is 18.3. The molecule has 2 unspecified atom stereocenters. The van der Waals surface area contributed by atoms with Gasteiger partial charge in [0.25, 0.3) is 0 Å². The number of anilines is 1. The fourth-order valence-corrected chi connectivity index (χ4v) is 4.67. The predicted octanol–water partition coefficient (Wildman–Crippen LogP) is 4.74. The molecule has 34 heavy (non-hydrogen) atoms. The molecule has 0 aliphatic heterocycles. The fraction of sp³-hybridized carbons (Fsp3) is 0.391. The van der Waals surface area contributed by atoms with Crippen molar-refractivity contribution in [2.45, 2.75) is 45.8 Å². The first-order valence-electron chi connectivity index (χ1n) is 10.6. The molecule has 11 heteroatoms. The van der Waals surface area contributed by atoms with Gasteiger partial charge in [-0.15, -0.1) is 0 Å². The van der Waals surface area contributed by atoms with Gasteiger partial charge in [-0.2, -0.15) is 0 Å². The highest BCUT2D eigenvalue weighted by atomic mass is 35.5. The van der Waals surface area contributed by atoms with Gasteiger partial charge in [-0.3, -0.25) is 13.9 Å². The number of sulfonamides is 1. The summed E-state index contributed by atoms with van der Waals surface area (Å²) in [5, 5.41) is 3.13. The third kappa shape index (κ3) is 7.50. The lowest BCUT2D eigenvalue weighted by molar-refractivity contribution is -0.139. The van der Waals surface area contributed by atoms with Crippen LogP contribution in [0.5, 0.6) is 0 Å². The van der Waals surface area contributed by atoms with Gasteiger partial charge < -0.3 is 10.2 Å². The molecule has 0 spiro atoms. The van der Waals surface area contributed by atoms with Gasteiger partial charge in [0.1, 0.15) is 12.6 Å². The molecular weight excluding hydrogens is 521 g/mol. The minimum absolute atomic E-state index is 0.0169. The summed E-state index contributed by atoms with van der Waals surface area (Å²) in [4.78, 5) is 27.7. The minimum Gasteiger partial charge on any atom is -0.352 e. The Balaban J connectivity index is 2.43. The van der Waals surface area contributed by atoms with Gasteiger partial charge in [0.2, 0.25) is 21.8 Å². The number of halogens is 3. The lowest BCUT2D eigenvalue weighted by Gasteiger charge is -2.32. The van der Waals surface area contributed by atoms with Crippen molar-refractivity contribution in [3.63, 3.8) is 0 Å². The Hall–Kier alpha value is -2.00. The summed E-state index contributed by atoms with van der Waals surface area (Å²) in [6, 6.07) is 10.8. The maximum absolute atomic E-state index is 13.5. The van der Waals surface area contributed by atoms with Crippen LogP contribution in [0.2, 0.25) is 15.1 Å². The molecular formula is C23H28Cl3N3O4S. The molecule has 2 atom stereocenters. The molecule has 0 saturated carbocycles. The quantitative estimate of drug-likeness (QED) is 0.434. The van der Waals surface area contributed by atoms with Crippen LogP contribution in [0.1, 0.15) is 32.8 Å². The number of carbonyl (C=O) groups excluding carboxylic acids is 2. The van der Waals surface area contributed by atoms with Gasteiger partial charge in [-0.05, 0) is 38.0 Å². The zero-order valence-electron chi connectivity index (χ0n) is 19.4. The molecule has 0 aliphatic carbocycles. The third-order valence-corrected chi connectivity index (χ3v) is 7.45. The van der Waals surface area contributed by atoms with E-state index in [1.54, 1.807) is 6.92 Å². The first-order valence-corrected chi connectivity index (χ1v) is 13.6. The van der Waals surface area contributed by atoms with E-state index in [4.69, 9.17) is 34.8 Å². The molecule has 0 fully saturated rings. The maximum atomic E-state index is 13.5. The molecule has 1 N–H and O–H groups in total. The summed E-state index contributed by atoms with van der Waals surface area (Å²) in [6.45, 7) is 4.94. The first-order chi connectivity index (χ1) is 15.8. The van der Waals surface area contributed by atoms with Gasteiger partial charge in [0.05, 0.1) is 27.0 Å². The summed E-state index contributed by atoms with van der Waals surface area (Å²) in [7, 11) is -3.94. The van der Waals surface area contributed by atoms with Gasteiger partial charge in [-0.25, -0.2) is 8.42 Å². The molecule has 7 nitrogen and oxygen atoms in total. The van der Waals surface area contributed by atoms with Crippen LogP contribution in [0.25, 0.3) is 0 Å². The molecule has 2 rings (SSSR count). The number of hydrogen-bond acceptors (Lipinski definition) is 4. The lowest BCUT2D eigenvalue weighted by atomic mass is 10.1. The topological polar surface area (TPSA) is 86.8 Å². The van der Waals surface area contributed by atoms with Crippen molar-refractivity contribution in [3.8, 4) is 0 Å². The van der Waals surface area contributed by atoms with Gasteiger partial charge in [0, 0.05) is 12.6 Å². The van der Waals surface area contributed by atoms with E-state index in [0.29, 0.717) is 0 Å². The van der Waals surface area contributed by atoms with Crippen LogP contribution in [0, 0.1) is 0 Å². The molecule has 0 radical (unpaired) electrons. The largest absolute Gasteiger partial charge is 0.352 e. The SMILES string of the molecule is CCC(C)NC(=O)C(C)N(Cc1ccccc1)C(=O)CN(c1cc(Cl)c(Cl)cc1Cl)S(C)(=O)=O. The Morgan fingerprint density at radius 3 is 2.15 bits per heavy atom. The highest BCUT2D eigenvalue weighted by Crippen LogP contribution is 2.35. The lowest BCUT2D eigenvalue weighted by Crippen LogP contribution is -2.52. The molecule has 0 aromatic heterocycles. The second kappa shape index (κ2) is 12.1. The van der Waals surface area contributed by atoms with Crippen molar-refractivity contribution in [2.24, 2.45) is 0 Å². The average molecular weight is 549 g/mol. The van der Waals surface area contributed by atoms with Crippen LogP contribution in [0.3, 0.4) is 0 Å². The smallest absolute Gasteiger partial charge is 0.244 e. The van der Waals surface area contributed by atoms with Crippen LogP contribution < -0.4 is 9.62 Å². The van der Waals surface area contributed by atoms with E-state index >= 15 is 0 Å². The standard InChI is InChI=1S/C23H28Cl3N3O4S/c1-5-15(2)27-23(31)16(3)28(13-17-9-7-6-8-10-17)22(30)14-29(34(4,32)33)21-12-19(25)18(24)11-20(21)26/h6-12,15-16H,5,13-14H2,1-4H3,(H,27,31). The van der Waals surface area contributed by atoms with Crippen LogP contribution in [-0.2, 0) is 26.2 Å². The Kier molecular flexibility index (Phi) is 10.1. The molecule has 186 valence electrons. The highest BCUT2D eigenvalue weighted by molar-refractivity contribution is 7.92. The number of amides is 2. The van der Waals surface area contributed by atoms with Crippen LogP contribution >= 0.6 is 34.8 Å². The van der Waals surface area contributed by atoms with Gasteiger partial charge in [-0.1, -0.05) is 72.1 Å². The summed E-state index contributed by atoms with van der Waals surface area (Å²) in [6.07, 6.45) is 1.68. The minimum atomic E-state index is -3.94. The Labute approximate surface area is 216 Å². The van der Waals surface area contributed by atoms with Crippen molar-refractivity contribution in [3.05, 3.63) is 63.1 Å². The third-order valence-electron chi connectivity index (χ3n) is 5.30. The molecule has 0 bridgehead atoms. The van der Waals surface area contributed by atoms with Crippen LogP contribution in [0.4, 0.5) is 5.69 Å². The van der Waals surface area contributed by atoms with Crippen molar-refractivity contribution < 1.29 is 18.0 Å². The van der Waals surface area contributed by atoms with Crippen molar-refractivity contribution in [1.29, 1.82) is 0 Å². The second-order valence-electron chi connectivity index (χ2n) is 7.99. The molecule has 2 aromatic carbocycles. The number of carbonyl (C=O) groups is 2. The van der Waals surface area contributed by atoms with E-state index < -0.39 is 28.5 Å². The normalized spacial score (nSPS) is 13.1. The zero-order chi connectivity index (χ0) is 25.6. The highest BCUT2D eigenvalue weighted by Gasteiger charge is 2.31. The fourth-order valence-electron chi connectivity index (χ4n) is 3.13. The van der Waals surface area contributed by atoms with Gasteiger partial charge in [0.15, 0.2) is 0 Å². The Bertz CT molecular complexity index is 1130. The van der Waals surface area contributed by atoms with E-state index in [9.17, 15) is 18.0 Å².